The second kappa shape index (κ2) is 15.4. The first-order valence-corrected chi connectivity index (χ1v) is 18.6. The third-order valence-electron chi connectivity index (χ3n) is 9.83. The van der Waals surface area contributed by atoms with E-state index in [9.17, 15) is 28.8 Å². The van der Waals surface area contributed by atoms with E-state index in [4.69, 9.17) is 9.47 Å². The van der Waals surface area contributed by atoms with Gasteiger partial charge in [0.15, 0.2) is 0 Å². The summed E-state index contributed by atoms with van der Waals surface area (Å²) in [6, 6.07) is 46.6. The molecule has 2 aliphatic heterocycles. The molecule has 6 amide bonds. The van der Waals surface area contributed by atoms with Crippen LogP contribution in [0.2, 0.25) is 0 Å². The van der Waals surface area contributed by atoms with E-state index >= 15 is 0 Å². The van der Waals surface area contributed by atoms with Gasteiger partial charge in [0.25, 0.3) is 35.4 Å². The van der Waals surface area contributed by atoms with Crippen molar-refractivity contribution in [1.82, 2.24) is 0 Å². The molecule has 0 saturated heterocycles. The lowest BCUT2D eigenvalue weighted by Crippen LogP contribution is -2.29. The summed E-state index contributed by atoms with van der Waals surface area (Å²) in [5.74, 6) is -0.760. The van der Waals surface area contributed by atoms with Gasteiger partial charge in [-0.25, -0.2) is 9.80 Å². The number of para-hydroxylation sites is 2. The average molecular weight is 791 g/mol. The highest BCUT2D eigenvalue weighted by atomic mass is 16.5. The molecule has 0 radical (unpaired) electrons. The number of rotatable bonds is 10. The summed E-state index contributed by atoms with van der Waals surface area (Å²) in [6.45, 7) is 0. The number of hydrogen-bond acceptors (Lipinski definition) is 8. The van der Waals surface area contributed by atoms with Crippen molar-refractivity contribution in [2.45, 2.75) is 0 Å². The zero-order chi connectivity index (χ0) is 41.3. The van der Waals surface area contributed by atoms with Gasteiger partial charge in [0, 0.05) is 28.6 Å². The number of nitrogens with zero attached hydrogens (tertiary/aromatic N) is 2. The fraction of sp³-hybridized carbons (Fsp3) is 0. The molecule has 0 unspecified atom stereocenters. The van der Waals surface area contributed by atoms with E-state index in [1.165, 1.54) is 36.4 Å². The molecule has 7 aromatic carbocycles. The SMILES string of the molecule is O=C(Nc1ccc(Oc2cccc(Oc3ccc(NC(=O)c4ccc5c(c4)C(=O)N(c4ccccc4)C5=O)cc3)c2)cc1)c1ccc2c(c1)C(=O)N(c1ccccc1)C2=O. The normalized spacial score (nSPS) is 12.9. The molecule has 0 atom stereocenters. The fourth-order valence-corrected chi connectivity index (χ4v) is 6.88. The lowest BCUT2D eigenvalue weighted by atomic mass is 10.1. The molecule has 2 heterocycles. The smallest absolute Gasteiger partial charge is 0.266 e. The number of carbonyl (C=O) groups excluding carboxylic acids is 6. The molecular weight excluding hydrogens is 761 g/mol. The molecular formula is C48H30N4O8. The van der Waals surface area contributed by atoms with Gasteiger partial charge in [0.05, 0.1) is 33.6 Å². The molecule has 0 spiro atoms. The minimum absolute atomic E-state index is 0.163. The Morgan fingerprint density at radius 2 is 0.750 bits per heavy atom. The first-order valence-electron chi connectivity index (χ1n) is 18.6. The van der Waals surface area contributed by atoms with Crippen molar-refractivity contribution < 1.29 is 38.2 Å². The molecule has 12 nitrogen and oxygen atoms in total. The molecule has 0 bridgehead atoms. The molecule has 290 valence electrons. The van der Waals surface area contributed by atoms with E-state index in [0.717, 1.165) is 9.80 Å². The Balaban J connectivity index is 0.792. The standard InChI is InChI=1S/C48H30N4O8/c53-43(29-14-24-39-41(26-29)47(57)51(45(39)55)33-8-3-1-4-9-33)49-31-16-20-35(21-17-31)59-37-12-7-13-38(28-37)60-36-22-18-32(19-23-36)50-44(54)30-15-25-40-42(27-30)48(58)52(46(40)56)34-10-5-2-6-11-34/h1-28H,(H,49,53)(H,50,54). The molecule has 60 heavy (non-hydrogen) atoms. The van der Waals surface area contributed by atoms with Gasteiger partial charge in [-0.3, -0.25) is 28.8 Å². The molecule has 7 aromatic rings. The lowest BCUT2D eigenvalue weighted by molar-refractivity contribution is 0.0910. The van der Waals surface area contributed by atoms with E-state index in [2.05, 4.69) is 10.6 Å². The number of ether oxygens (including phenoxy) is 2. The fourth-order valence-electron chi connectivity index (χ4n) is 6.88. The van der Waals surface area contributed by atoms with Crippen molar-refractivity contribution >= 4 is 58.2 Å². The van der Waals surface area contributed by atoms with Crippen molar-refractivity contribution in [1.29, 1.82) is 0 Å². The van der Waals surface area contributed by atoms with Crippen LogP contribution in [0.25, 0.3) is 0 Å². The number of carbonyl (C=O) groups is 6. The van der Waals surface area contributed by atoms with E-state index in [1.54, 1.807) is 133 Å². The predicted molar refractivity (Wildman–Crippen MR) is 223 cm³/mol. The Bertz CT molecular complexity index is 2690. The second-order valence-electron chi connectivity index (χ2n) is 13.7. The zero-order valence-corrected chi connectivity index (χ0v) is 31.3. The van der Waals surface area contributed by atoms with Crippen LogP contribution < -0.4 is 29.9 Å². The molecule has 0 aliphatic carbocycles. The summed E-state index contributed by atoms with van der Waals surface area (Å²) in [5, 5.41) is 5.63. The number of fused-ring (bicyclic) bond motifs is 2. The maximum Gasteiger partial charge on any atom is 0.266 e. The number of amides is 6. The summed E-state index contributed by atoms with van der Waals surface area (Å²) >= 11 is 0. The Morgan fingerprint density at radius 1 is 0.367 bits per heavy atom. The Kier molecular flexibility index (Phi) is 9.47. The Morgan fingerprint density at radius 3 is 1.15 bits per heavy atom. The van der Waals surface area contributed by atoms with Crippen LogP contribution in [0.15, 0.2) is 170 Å². The van der Waals surface area contributed by atoms with E-state index < -0.39 is 35.4 Å². The topological polar surface area (TPSA) is 151 Å². The van der Waals surface area contributed by atoms with Gasteiger partial charge in [-0.05, 0) is 121 Å². The van der Waals surface area contributed by atoms with E-state index in [0.29, 0.717) is 45.7 Å². The van der Waals surface area contributed by atoms with Gasteiger partial charge in [-0.1, -0.05) is 42.5 Å². The quantitative estimate of drug-likeness (QED) is 0.130. The summed E-state index contributed by atoms with van der Waals surface area (Å²) in [6.07, 6.45) is 0. The molecule has 0 saturated carbocycles. The number of nitrogens with one attached hydrogen (secondary N) is 2. The highest BCUT2D eigenvalue weighted by molar-refractivity contribution is 6.35. The van der Waals surface area contributed by atoms with Gasteiger partial charge in [-0.2, -0.15) is 0 Å². The summed E-state index contributed by atoms with van der Waals surface area (Å²) < 4.78 is 12.1. The van der Waals surface area contributed by atoms with Crippen LogP contribution in [0.3, 0.4) is 0 Å². The number of benzene rings is 7. The minimum atomic E-state index is -0.490. The Hall–Kier alpha value is -8.64. The molecule has 9 rings (SSSR count). The van der Waals surface area contributed by atoms with Crippen LogP contribution in [0, 0.1) is 0 Å². The lowest BCUT2D eigenvalue weighted by Gasteiger charge is -2.13. The van der Waals surface area contributed by atoms with Crippen molar-refractivity contribution in [3.63, 3.8) is 0 Å². The van der Waals surface area contributed by atoms with Gasteiger partial charge in [-0.15, -0.1) is 0 Å². The zero-order valence-electron chi connectivity index (χ0n) is 31.3. The van der Waals surface area contributed by atoms with Gasteiger partial charge in [0.2, 0.25) is 0 Å². The molecule has 2 aliphatic rings. The van der Waals surface area contributed by atoms with Gasteiger partial charge < -0.3 is 20.1 Å². The highest BCUT2D eigenvalue weighted by Crippen LogP contribution is 2.33. The number of anilines is 4. The van der Waals surface area contributed by atoms with Crippen LogP contribution in [-0.2, 0) is 0 Å². The second-order valence-corrected chi connectivity index (χ2v) is 13.7. The molecule has 2 N–H and O–H groups in total. The van der Waals surface area contributed by atoms with Crippen LogP contribution in [0.5, 0.6) is 23.0 Å². The summed E-state index contributed by atoms with van der Waals surface area (Å²) in [5.41, 5.74) is 3.15. The molecule has 0 aromatic heterocycles. The van der Waals surface area contributed by atoms with Crippen molar-refractivity contribution in [3.8, 4) is 23.0 Å². The largest absolute Gasteiger partial charge is 0.457 e. The summed E-state index contributed by atoms with van der Waals surface area (Å²) in [7, 11) is 0. The molecule has 0 fully saturated rings. The van der Waals surface area contributed by atoms with Crippen LogP contribution >= 0.6 is 0 Å². The summed E-state index contributed by atoms with van der Waals surface area (Å²) in [4.78, 5) is 80.6. The monoisotopic (exact) mass is 790 g/mol. The number of imide groups is 2. The van der Waals surface area contributed by atoms with E-state index in [1.807, 2.05) is 0 Å². The number of hydrogen-bond donors (Lipinski definition) is 2. The third-order valence-corrected chi connectivity index (χ3v) is 9.83. The van der Waals surface area contributed by atoms with E-state index in [-0.39, 0.29) is 33.4 Å². The van der Waals surface area contributed by atoms with Crippen molar-refractivity contribution in [3.05, 3.63) is 203 Å². The first-order chi connectivity index (χ1) is 29.2. The Labute approximate surface area is 342 Å². The first kappa shape index (κ1) is 37.0. The van der Waals surface area contributed by atoms with Crippen LogP contribution in [0.4, 0.5) is 22.7 Å². The molecule has 12 heteroatoms. The average Bonchev–Trinajstić information content (AvgIpc) is 3.68. The van der Waals surface area contributed by atoms with Gasteiger partial charge in [0.1, 0.15) is 23.0 Å². The maximum absolute atomic E-state index is 13.1. The third kappa shape index (κ3) is 7.12. The van der Waals surface area contributed by atoms with Crippen molar-refractivity contribution in [2.24, 2.45) is 0 Å². The minimum Gasteiger partial charge on any atom is -0.457 e. The van der Waals surface area contributed by atoms with Crippen molar-refractivity contribution in [2.75, 3.05) is 20.4 Å². The highest BCUT2D eigenvalue weighted by Gasteiger charge is 2.38. The predicted octanol–water partition coefficient (Wildman–Crippen LogP) is 9.38. The van der Waals surface area contributed by atoms with Crippen LogP contribution in [-0.4, -0.2) is 35.4 Å². The van der Waals surface area contributed by atoms with Crippen LogP contribution in [0.1, 0.15) is 62.1 Å². The van der Waals surface area contributed by atoms with Gasteiger partial charge >= 0.3 is 0 Å². The maximum atomic E-state index is 13.1.